The highest BCUT2D eigenvalue weighted by Crippen LogP contribution is 2.20. The Morgan fingerprint density at radius 1 is 1.32 bits per heavy atom. The van der Waals surface area contributed by atoms with Crippen molar-refractivity contribution in [3.05, 3.63) is 40.7 Å². The summed E-state index contributed by atoms with van der Waals surface area (Å²) in [6.07, 6.45) is 0. The average Bonchev–Trinajstić information content (AvgIpc) is 2.67. The molecule has 1 aromatic carbocycles. The van der Waals surface area contributed by atoms with Gasteiger partial charge in [0.25, 0.3) is 0 Å². The average molecular weight is 279 g/mol. The van der Waals surface area contributed by atoms with Gasteiger partial charge in [-0.15, -0.1) is 11.3 Å². The lowest BCUT2D eigenvalue weighted by molar-refractivity contribution is -0.114. The molecule has 0 spiro atoms. The van der Waals surface area contributed by atoms with E-state index in [2.05, 4.69) is 15.6 Å². The van der Waals surface area contributed by atoms with Crippen molar-refractivity contribution in [3.8, 4) is 0 Å². The number of nitrogens with one attached hydrogen (secondary N) is 2. The summed E-state index contributed by atoms with van der Waals surface area (Å²) in [6, 6.07) is 5.85. The molecule has 0 aliphatic rings. The van der Waals surface area contributed by atoms with Crippen LogP contribution >= 0.6 is 11.3 Å². The lowest BCUT2D eigenvalue weighted by atomic mass is 10.3. The van der Waals surface area contributed by atoms with Crippen LogP contribution in [0, 0.1) is 19.7 Å². The molecule has 19 heavy (non-hydrogen) atoms. The van der Waals surface area contributed by atoms with Crippen LogP contribution in [0.4, 0.5) is 15.2 Å². The van der Waals surface area contributed by atoms with Crippen molar-refractivity contribution in [2.75, 3.05) is 17.2 Å². The molecule has 0 bridgehead atoms. The van der Waals surface area contributed by atoms with E-state index in [1.807, 2.05) is 13.8 Å². The van der Waals surface area contributed by atoms with Crippen molar-refractivity contribution in [2.24, 2.45) is 0 Å². The monoisotopic (exact) mass is 279 g/mol. The van der Waals surface area contributed by atoms with E-state index in [-0.39, 0.29) is 18.3 Å². The van der Waals surface area contributed by atoms with Crippen molar-refractivity contribution in [3.63, 3.8) is 0 Å². The number of rotatable bonds is 4. The zero-order valence-corrected chi connectivity index (χ0v) is 11.5. The number of thiazole rings is 1. The Kier molecular flexibility index (Phi) is 4.11. The molecule has 0 aliphatic heterocycles. The fourth-order valence-corrected chi connectivity index (χ4v) is 2.27. The minimum Gasteiger partial charge on any atom is -0.376 e. The third-order valence-corrected chi connectivity index (χ3v) is 3.56. The summed E-state index contributed by atoms with van der Waals surface area (Å²) in [4.78, 5) is 17.0. The number of hydrogen-bond acceptors (Lipinski definition) is 4. The molecule has 6 heteroatoms. The highest BCUT2D eigenvalue weighted by atomic mass is 32.1. The Morgan fingerprint density at radius 2 is 2.00 bits per heavy atom. The Morgan fingerprint density at radius 3 is 2.58 bits per heavy atom. The first kappa shape index (κ1) is 13.5. The molecule has 0 radical (unpaired) electrons. The van der Waals surface area contributed by atoms with E-state index < -0.39 is 0 Å². The van der Waals surface area contributed by atoms with Crippen LogP contribution in [0.1, 0.15) is 10.6 Å². The third kappa shape index (κ3) is 3.75. The van der Waals surface area contributed by atoms with E-state index in [0.717, 1.165) is 10.6 Å². The van der Waals surface area contributed by atoms with Crippen molar-refractivity contribution < 1.29 is 9.18 Å². The standard InChI is InChI=1S/C13H14FN3OS/c1-8-9(2)19-13(16-8)17-12(18)7-15-11-5-3-10(14)4-6-11/h3-6,15H,7H2,1-2H3,(H,16,17,18). The number of amides is 1. The number of hydrogen-bond donors (Lipinski definition) is 2. The summed E-state index contributed by atoms with van der Waals surface area (Å²) in [5.74, 6) is -0.484. The van der Waals surface area contributed by atoms with Gasteiger partial charge in [0, 0.05) is 10.6 Å². The van der Waals surface area contributed by atoms with Gasteiger partial charge in [-0.25, -0.2) is 9.37 Å². The van der Waals surface area contributed by atoms with Gasteiger partial charge in [-0.2, -0.15) is 0 Å². The van der Waals surface area contributed by atoms with Crippen LogP contribution < -0.4 is 10.6 Å². The molecule has 1 heterocycles. The molecule has 4 nitrogen and oxygen atoms in total. The van der Waals surface area contributed by atoms with Gasteiger partial charge >= 0.3 is 0 Å². The summed E-state index contributed by atoms with van der Waals surface area (Å²) in [5.41, 5.74) is 1.62. The predicted octanol–water partition coefficient (Wildman–Crippen LogP) is 2.95. The molecule has 1 aromatic heterocycles. The number of anilines is 2. The second-order valence-electron chi connectivity index (χ2n) is 4.07. The zero-order chi connectivity index (χ0) is 13.8. The number of carbonyl (C=O) groups excluding carboxylic acids is 1. The number of carbonyl (C=O) groups is 1. The Bertz CT molecular complexity index is 561. The normalized spacial score (nSPS) is 10.3. The molecule has 0 fully saturated rings. The van der Waals surface area contributed by atoms with Crippen LogP contribution in [0.3, 0.4) is 0 Å². The van der Waals surface area contributed by atoms with Crippen molar-refractivity contribution in [1.29, 1.82) is 0 Å². The molecule has 1 amide bonds. The fraction of sp³-hybridized carbons (Fsp3) is 0.231. The number of benzene rings is 1. The van der Waals surface area contributed by atoms with Gasteiger partial charge in [0.1, 0.15) is 5.82 Å². The molecule has 2 rings (SSSR count). The van der Waals surface area contributed by atoms with Gasteiger partial charge in [-0.1, -0.05) is 0 Å². The zero-order valence-electron chi connectivity index (χ0n) is 10.7. The van der Waals surface area contributed by atoms with E-state index in [1.54, 1.807) is 12.1 Å². The number of halogens is 1. The SMILES string of the molecule is Cc1nc(NC(=O)CNc2ccc(F)cc2)sc1C. The van der Waals surface area contributed by atoms with Crippen LogP contribution in [-0.4, -0.2) is 17.4 Å². The van der Waals surface area contributed by atoms with E-state index in [0.29, 0.717) is 10.8 Å². The lowest BCUT2D eigenvalue weighted by Gasteiger charge is -2.05. The molecule has 0 atom stereocenters. The lowest BCUT2D eigenvalue weighted by Crippen LogP contribution is -2.21. The predicted molar refractivity (Wildman–Crippen MR) is 75.1 cm³/mol. The quantitative estimate of drug-likeness (QED) is 0.904. The first-order valence-electron chi connectivity index (χ1n) is 5.78. The van der Waals surface area contributed by atoms with E-state index in [9.17, 15) is 9.18 Å². The number of aryl methyl sites for hydroxylation is 2. The maximum Gasteiger partial charge on any atom is 0.245 e. The van der Waals surface area contributed by atoms with Crippen LogP contribution in [0.15, 0.2) is 24.3 Å². The molecular weight excluding hydrogens is 265 g/mol. The summed E-state index contributed by atoms with van der Waals surface area (Å²) in [6.45, 7) is 3.97. The minimum absolute atomic E-state index is 0.114. The van der Waals surface area contributed by atoms with Crippen molar-refractivity contribution in [1.82, 2.24) is 4.98 Å². The summed E-state index contributed by atoms with van der Waals surface area (Å²) >= 11 is 1.45. The van der Waals surface area contributed by atoms with Crippen LogP contribution in [0.25, 0.3) is 0 Å². The third-order valence-electron chi connectivity index (χ3n) is 2.57. The topological polar surface area (TPSA) is 54.0 Å². The second kappa shape index (κ2) is 5.79. The largest absolute Gasteiger partial charge is 0.376 e. The molecule has 0 saturated carbocycles. The van der Waals surface area contributed by atoms with Crippen molar-refractivity contribution >= 4 is 28.1 Å². The number of aromatic nitrogens is 1. The maximum absolute atomic E-state index is 12.7. The fourth-order valence-electron chi connectivity index (χ4n) is 1.44. The maximum atomic E-state index is 12.7. The Hall–Kier alpha value is -1.95. The molecule has 2 aromatic rings. The van der Waals surface area contributed by atoms with Crippen molar-refractivity contribution in [2.45, 2.75) is 13.8 Å². The molecule has 100 valence electrons. The summed E-state index contributed by atoms with van der Waals surface area (Å²) in [5, 5.41) is 6.23. The smallest absolute Gasteiger partial charge is 0.245 e. The second-order valence-corrected chi connectivity index (χ2v) is 5.27. The highest BCUT2D eigenvalue weighted by Gasteiger charge is 2.07. The van der Waals surface area contributed by atoms with Gasteiger partial charge in [0.15, 0.2) is 5.13 Å². The summed E-state index contributed by atoms with van der Waals surface area (Å²) in [7, 11) is 0. The summed E-state index contributed by atoms with van der Waals surface area (Å²) < 4.78 is 12.7. The van der Waals surface area contributed by atoms with Gasteiger partial charge in [-0.3, -0.25) is 4.79 Å². The Balaban J connectivity index is 1.86. The molecule has 2 N–H and O–H groups in total. The molecular formula is C13H14FN3OS. The Labute approximate surface area is 114 Å². The molecule has 0 unspecified atom stereocenters. The van der Waals surface area contributed by atoms with Crippen LogP contribution in [0.2, 0.25) is 0 Å². The minimum atomic E-state index is -0.302. The molecule has 0 aliphatic carbocycles. The highest BCUT2D eigenvalue weighted by molar-refractivity contribution is 7.15. The van der Waals surface area contributed by atoms with Crippen LogP contribution in [-0.2, 0) is 4.79 Å². The first-order valence-corrected chi connectivity index (χ1v) is 6.59. The van der Waals surface area contributed by atoms with Gasteiger partial charge in [-0.05, 0) is 38.1 Å². The first-order chi connectivity index (χ1) is 9.04. The van der Waals surface area contributed by atoms with Crippen LogP contribution in [0.5, 0.6) is 0 Å². The van der Waals surface area contributed by atoms with Gasteiger partial charge in [0.05, 0.1) is 12.2 Å². The van der Waals surface area contributed by atoms with E-state index >= 15 is 0 Å². The van der Waals surface area contributed by atoms with E-state index in [4.69, 9.17) is 0 Å². The number of nitrogens with zero attached hydrogens (tertiary/aromatic N) is 1. The molecule has 0 saturated heterocycles. The van der Waals surface area contributed by atoms with Gasteiger partial charge in [0.2, 0.25) is 5.91 Å². The van der Waals surface area contributed by atoms with E-state index in [1.165, 1.54) is 23.5 Å². The van der Waals surface area contributed by atoms with Gasteiger partial charge < -0.3 is 10.6 Å².